The van der Waals surface area contributed by atoms with Crippen LogP contribution in [0.5, 0.6) is 11.5 Å². The van der Waals surface area contributed by atoms with Gasteiger partial charge in [0.15, 0.2) is 0 Å². The average Bonchev–Trinajstić information content (AvgIpc) is 2.68. The lowest BCUT2D eigenvalue weighted by Crippen LogP contribution is -2.41. The number of hydrogen-bond donors (Lipinski definition) is 0. The molecular formula is C20H21BO3. The molecule has 4 rings (SSSR count). The summed E-state index contributed by atoms with van der Waals surface area (Å²) in [5, 5.41) is 0. The quantitative estimate of drug-likeness (QED) is 0.627. The summed E-state index contributed by atoms with van der Waals surface area (Å²) in [4.78, 5) is 0. The molecule has 3 nitrogen and oxygen atoms in total. The van der Waals surface area contributed by atoms with Crippen LogP contribution in [0.2, 0.25) is 0 Å². The molecule has 1 fully saturated rings. The second kappa shape index (κ2) is 5.23. The number of benzene rings is 2. The monoisotopic (exact) mass is 320 g/mol. The molecule has 0 unspecified atom stereocenters. The van der Waals surface area contributed by atoms with Gasteiger partial charge in [-0.15, -0.1) is 0 Å². The van der Waals surface area contributed by atoms with Crippen molar-refractivity contribution in [3.8, 4) is 11.5 Å². The minimum Gasteiger partial charge on any atom is -0.456 e. The topological polar surface area (TPSA) is 27.7 Å². The third-order valence-electron chi connectivity index (χ3n) is 5.18. The zero-order valence-corrected chi connectivity index (χ0v) is 14.5. The molecule has 0 aromatic heterocycles. The molecule has 2 heterocycles. The average molecular weight is 320 g/mol. The molecule has 2 aromatic rings. The molecule has 0 radical (unpaired) electrons. The lowest BCUT2D eigenvalue weighted by Gasteiger charge is -2.32. The molecule has 24 heavy (non-hydrogen) atoms. The minimum atomic E-state index is -0.403. The Kier molecular flexibility index (Phi) is 3.38. The van der Waals surface area contributed by atoms with Gasteiger partial charge in [0.2, 0.25) is 0 Å². The fraction of sp³-hybridized carbons (Fsp3) is 0.300. The Morgan fingerprint density at radius 2 is 1.42 bits per heavy atom. The highest BCUT2D eigenvalue weighted by molar-refractivity contribution is 6.63. The Bertz CT molecular complexity index is 807. The lowest BCUT2D eigenvalue weighted by molar-refractivity contribution is 0.00578. The van der Waals surface area contributed by atoms with E-state index in [0.29, 0.717) is 0 Å². The Morgan fingerprint density at radius 1 is 0.750 bits per heavy atom. The van der Waals surface area contributed by atoms with Crippen LogP contribution in [-0.4, -0.2) is 18.3 Å². The van der Waals surface area contributed by atoms with Crippen molar-refractivity contribution in [1.29, 1.82) is 0 Å². The highest BCUT2D eigenvalue weighted by atomic mass is 16.7. The summed E-state index contributed by atoms with van der Waals surface area (Å²) >= 11 is 0. The summed E-state index contributed by atoms with van der Waals surface area (Å²) in [6, 6.07) is 14.0. The molecule has 0 N–H and O–H groups in total. The van der Waals surface area contributed by atoms with Crippen LogP contribution in [0.3, 0.4) is 0 Å². The van der Waals surface area contributed by atoms with Gasteiger partial charge < -0.3 is 14.0 Å². The summed E-state index contributed by atoms with van der Waals surface area (Å²) in [6.45, 7) is 8.27. The Morgan fingerprint density at radius 3 is 2.17 bits per heavy atom. The van der Waals surface area contributed by atoms with Crippen molar-refractivity contribution in [2.45, 2.75) is 38.9 Å². The van der Waals surface area contributed by atoms with E-state index in [9.17, 15) is 0 Å². The smallest absolute Gasteiger partial charge is 0.456 e. The van der Waals surface area contributed by atoms with E-state index in [1.807, 2.05) is 42.5 Å². The number of rotatable bonds is 1. The van der Waals surface area contributed by atoms with E-state index in [1.165, 1.54) is 0 Å². The van der Waals surface area contributed by atoms with Crippen LogP contribution < -0.4 is 10.2 Å². The van der Waals surface area contributed by atoms with E-state index in [4.69, 9.17) is 14.0 Å². The Hall–Kier alpha value is -2.04. The molecule has 2 aliphatic rings. The van der Waals surface area contributed by atoms with E-state index in [2.05, 4.69) is 39.8 Å². The van der Waals surface area contributed by atoms with Gasteiger partial charge in [-0.25, -0.2) is 0 Å². The van der Waals surface area contributed by atoms with E-state index >= 15 is 0 Å². The van der Waals surface area contributed by atoms with Crippen LogP contribution in [-0.2, 0) is 9.31 Å². The van der Waals surface area contributed by atoms with Crippen molar-refractivity contribution in [3.63, 3.8) is 0 Å². The summed E-state index contributed by atoms with van der Waals surface area (Å²) in [6.07, 6.45) is 4.16. The number of ether oxygens (including phenoxy) is 1. The van der Waals surface area contributed by atoms with Gasteiger partial charge in [0, 0.05) is 11.1 Å². The molecule has 0 atom stereocenters. The zero-order valence-electron chi connectivity index (χ0n) is 14.5. The molecule has 122 valence electrons. The first-order valence-corrected chi connectivity index (χ1v) is 8.31. The van der Waals surface area contributed by atoms with Gasteiger partial charge in [0.25, 0.3) is 0 Å². The van der Waals surface area contributed by atoms with Crippen LogP contribution in [0.1, 0.15) is 38.8 Å². The van der Waals surface area contributed by atoms with Crippen molar-refractivity contribution in [2.75, 3.05) is 0 Å². The van der Waals surface area contributed by atoms with Gasteiger partial charge >= 0.3 is 7.12 Å². The predicted molar refractivity (Wildman–Crippen MR) is 97.6 cm³/mol. The van der Waals surface area contributed by atoms with Gasteiger partial charge in [-0.1, -0.05) is 42.5 Å². The fourth-order valence-corrected chi connectivity index (χ4v) is 3.01. The van der Waals surface area contributed by atoms with Gasteiger partial charge in [0.1, 0.15) is 11.5 Å². The number of hydrogen-bond acceptors (Lipinski definition) is 3. The maximum atomic E-state index is 6.22. The van der Waals surface area contributed by atoms with Crippen LogP contribution in [0, 0.1) is 0 Å². The van der Waals surface area contributed by atoms with Gasteiger partial charge in [-0.3, -0.25) is 0 Å². The summed E-state index contributed by atoms with van der Waals surface area (Å²) in [5.74, 6) is 1.68. The highest BCUT2D eigenvalue weighted by Crippen LogP contribution is 2.38. The van der Waals surface area contributed by atoms with Crippen molar-refractivity contribution >= 4 is 24.7 Å². The molecule has 4 heteroatoms. The molecule has 1 saturated heterocycles. The highest BCUT2D eigenvalue weighted by Gasteiger charge is 2.52. The maximum Gasteiger partial charge on any atom is 0.495 e. The first-order chi connectivity index (χ1) is 11.4. The summed E-state index contributed by atoms with van der Waals surface area (Å²) in [5.41, 5.74) is 2.34. The third kappa shape index (κ3) is 2.38. The van der Waals surface area contributed by atoms with E-state index < -0.39 is 7.12 Å². The predicted octanol–water partition coefficient (Wildman–Crippen LogP) is 4.26. The van der Waals surface area contributed by atoms with Crippen molar-refractivity contribution in [3.05, 3.63) is 53.6 Å². The first-order valence-electron chi connectivity index (χ1n) is 8.31. The molecule has 2 aromatic carbocycles. The molecule has 0 saturated carbocycles. The summed E-state index contributed by atoms with van der Waals surface area (Å²) in [7, 11) is -0.403. The SMILES string of the molecule is CC1(C)OB(c2cccc3c2C=Cc2ccccc2O3)OC1(C)C. The van der Waals surface area contributed by atoms with E-state index in [-0.39, 0.29) is 11.2 Å². The molecule has 0 aliphatic carbocycles. The van der Waals surface area contributed by atoms with Crippen LogP contribution >= 0.6 is 0 Å². The zero-order chi connectivity index (χ0) is 16.9. The van der Waals surface area contributed by atoms with Crippen LogP contribution in [0.15, 0.2) is 42.5 Å². The van der Waals surface area contributed by atoms with Crippen LogP contribution in [0.4, 0.5) is 0 Å². The fourth-order valence-electron chi connectivity index (χ4n) is 3.01. The number of fused-ring (bicyclic) bond motifs is 2. The molecule has 2 aliphatic heterocycles. The van der Waals surface area contributed by atoms with E-state index in [0.717, 1.165) is 28.1 Å². The summed E-state index contributed by atoms with van der Waals surface area (Å²) < 4.78 is 18.6. The van der Waals surface area contributed by atoms with Crippen molar-refractivity contribution in [2.24, 2.45) is 0 Å². The Balaban J connectivity index is 1.77. The molecule has 0 spiro atoms. The molecular weight excluding hydrogens is 299 g/mol. The standard InChI is InChI=1S/C20H21BO3/c1-19(2)20(3,4)24-21(23-19)16-9-7-11-18-15(16)13-12-14-8-5-6-10-17(14)22-18/h5-13H,1-4H3. The van der Waals surface area contributed by atoms with Crippen molar-refractivity contribution < 1.29 is 14.0 Å². The second-order valence-corrected chi connectivity index (χ2v) is 7.32. The number of para-hydroxylation sites is 1. The van der Waals surface area contributed by atoms with Gasteiger partial charge in [-0.05, 0) is 45.3 Å². The Labute approximate surface area is 143 Å². The van der Waals surface area contributed by atoms with Gasteiger partial charge in [-0.2, -0.15) is 0 Å². The molecule has 0 amide bonds. The van der Waals surface area contributed by atoms with Crippen LogP contribution in [0.25, 0.3) is 12.2 Å². The largest absolute Gasteiger partial charge is 0.495 e. The second-order valence-electron chi connectivity index (χ2n) is 7.32. The van der Waals surface area contributed by atoms with E-state index in [1.54, 1.807) is 0 Å². The minimum absolute atomic E-state index is 0.362. The normalized spacial score (nSPS) is 20.1. The lowest BCUT2D eigenvalue weighted by atomic mass is 9.75. The third-order valence-corrected chi connectivity index (χ3v) is 5.18. The molecule has 0 bridgehead atoms. The van der Waals surface area contributed by atoms with Crippen molar-refractivity contribution in [1.82, 2.24) is 0 Å². The van der Waals surface area contributed by atoms with Gasteiger partial charge in [0.05, 0.1) is 11.2 Å². The first kappa shape index (κ1) is 15.5. The maximum absolute atomic E-state index is 6.22.